The molecule has 1 atom stereocenters. The standard InChI is InChI=1S/C21H16ClN3O/c22-16-11-5-4-10-15(16)21(26)25-19(14-8-2-1-3-9-14)20-23-17-12-6-7-13-18(17)24-20/h1-13,19H,(H,23,24)(H,25,26). The Morgan fingerprint density at radius 3 is 2.38 bits per heavy atom. The Morgan fingerprint density at radius 1 is 0.923 bits per heavy atom. The van der Waals surface area contributed by atoms with Crippen molar-refractivity contribution in [3.8, 4) is 0 Å². The molecule has 2 N–H and O–H groups in total. The number of carbonyl (C=O) groups excluding carboxylic acids is 1. The van der Waals surface area contributed by atoms with E-state index in [-0.39, 0.29) is 5.91 Å². The van der Waals surface area contributed by atoms with E-state index in [9.17, 15) is 4.79 Å². The number of carbonyl (C=O) groups is 1. The van der Waals surface area contributed by atoms with Crippen LogP contribution in [0, 0.1) is 0 Å². The molecule has 0 radical (unpaired) electrons. The highest BCUT2D eigenvalue weighted by Gasteiger charge is 2.22. The van der Waals surface area contributed by atoms with Gasteiger partial charge >= 0.3 is 0 Å². The Hall–Kier alpha value is -3.11. The van der Waals surface area contributed by atoms with Crippen LogP contribution in [0.5, 0.6) is 0 Å². The molecule has 0 aliphatic rings. The zero-order valence-corrected chi connectivity index (χ0v) is 14.6. The lowest BCUT2D eigenvalue weighted by molar-refractivity contribution is 0.0942. The van der Waals surface area contributed by atoms with E-state index in [1.54, 1.807) is 24.3 Å². The molecule has 1 heterocycles. The first-order valence-electron chi connectivity index (χ1n) is 8.27. The van der Waals surface area contributed by atoms with Crippen LogP contribution in [-0.4, -0.2) is 15.9 Å². The van der Waals surface area contributed by atoms with Gasteiger partial charge < -0.3 is 10.3 Å². The molecule has 1 aromatic heterocycles. The summed E-state index contributed by atoms with van der Waals surface area (Å²) in [5.74, 6) is 0.433. The van der Waals surface area contributed by atoms with E-state index in [1.165, 1.54) is 0 Å². The van der Waals surface area contributed by atoms with Crippen LogP contribution >= 0.6 is 11.6 Å². The quantitative estimate of drug-likeness (QED) is 0.551. The number of benzene rings is 3. The Morgan fingerprint density at radius 2 is 1.62 bits per heavy atom. The van der Waals surface area contributed by atoms with Gasteiger partial charge in [-0.25, -0.2) is 4.98 Å². The summed E-state index contributed by atoms with van der Waals surface area (Å²) < 4.78 is 0. The number of imidazole rings is 1. The molecule has 4 nitrogen and oxygen atoms in total. The Labute approximate surface area is 155 Å². The predicted octanol–water partition coefficient (Wildman–Crippen LogP) is 4.74. The summed E-state index contributed by atoms with van der Waals surface area (Å²) in [5, 5.41) is 3.47. The fraction of sp³-hybridized carbons (Fsp3) is 0.0476. The van der Waals surface area contributed by atoms with Gasteiger partial charge in [0.1, 0.15) is 11.9 Å². The van der Waals surface area contributed by atoms with Crippen molar-refractivity contribution in [2.24, 2.45) is 0 Å². The van der Waals surface area contributed by atoms with Gasteiger partial charge in [-0.3, -0.25) is 4.79 Å². The van der Waals surface area contributed by atoms with Crippen LogP contribution in [0.3, 0.4) is 0 Å². The third-order valence-electron chi connectivity index (χ3n) is 4.21. The zero-order valence-electron chi connectivity index (χ0n) is 13.8. The largest absolute Gasteiger partial charge is 0.340 e. The van der Waals surface area contributed by atoms with Gasteiger partial charge in [0.2, 0.25) is 0 Å². The first kappa shape index (κ1) is 16.4. The monoisotopic (exact) mass is 361 g/mol. The highest BCUT2D eigenvalue weighted by Crippen LogP contribution is 2.24. The minimum atomic E-state index is -0.410. The lowest BCUT2D eigenvalue weighted by atomic mass is 10.1. The number of rotatable bonds is 4. The second kappa shape index (κ2) is 7.02. The first-order chi connectivity index (χ1) is 12.7. The van der Waals surface area contributed by atoms with E-state index in [4.69, 9.17) is 11.6 Å². The minimum absolute atomic E-state index is 0.245. The number of halogens is 1. The maximum Gasteiger partial charge on any atom is 0.253 e. The van der Waals surface area contributed by atoms with Crippen molar-refractivity contribution in [1.29, 1.82) is 0 Å². The van der Waals surface area contributed by atoms with Crippen molar-refractivity contribution in [2.75, 3.05) is 0 Å². The van der Waals surface area contributed by atoms with E-state index >= 15 is 0 Å². The summed E-state index contributed by atoms with van der Waals surface area (Å²) in [6.45, 7) is 0. The van der Waals surface area contributed by atoms with Crippen molar-refractivity contribution in [3.05, 3.63) is 101 Å². The van der Waals surface area contributed by atoms with Crippen LogP contribution in [0.2, 0.25) is 5.02 Å². The second-order valence-corrected chi connectivity index (χ2v) is 6.34. The van der Waals surface area contributed by atoms with Crippen molar-refractivity contribution >= 4 is 28.5 Å². The van der Waals surface area contributed by atoms with Crippen LogP contribution in [0.1, 0.15) is 27.8 Å². The lowest BCUT2D eigenvalue weighted by Gasteiger charge is -2.17. The molecule has 5 heteroatoms. The van der Waals surface area contributed by atoms with Crippen molar-refractivity contribution in [2.45, 2.75) is 6.04 Å². The molecule has 3 aromatic carbocycles. The van der Waals surface area contributed by atoms with E-state index in [1.807, 2.05) is 54.6 Å². The third kappa shape index (κ3) is 3.19. The highest BCUT2D eigenvalue weighted by atomic mass is 35.5. The first-order valence-corrected chi connectivity index (χ1v) is 8.65. The molecule has 1 amide bonds. The average Bonchev–Trinajstić information content (AvgIpc) is 3.11. The van der Waals surface area contributed by atoms with E-state index < -0.39 is 6.04 Å². The molecule has 1 unspecified atom stereocenters. The van der Waals surface area contributed by atoms with Crippen LogP contribution in [-0.2, 0) is 0 Å². The number of aromatic nitrogens is 2. The van der Waals surface area contributed by atoms with Crippen LogP contribution < -0.4 is 5.32 Å². The number of amides is 1. The topological polar surface area (TPSA) is 57.8 Å². The van der Waals surface area contributed by atoms with Crippen molar-refractivity contribution in [1.82, 2.24) is 15.3 Å². The Balaban J connectivity index is 1.74. The van der Waals surface area contributed by atoms with E-state index in [2.05, 4.69) is 15.3 Å². The lowest BCUT2D eigenvalue weighted by Crippen LogP contribution is -2.30. The SMILES string of the molecule is O=C(NC(c1ccccc1)c1nc2ccccc2[nH]1)c1ccccc1Cl. The molecule has 4 aromatic rings. The molecule has 0 fully saturated rings. The molecule has 4 rings (SSSR count). The van der Waals surface area contributed by atoms with Crippen LogP contribution in [0.15, 0.2) is 78.9 Å². The Bertz CT molecular complexity index is 1030. The van der Waals surface area contributed by atoms with Gasteiger partial charge in [0.15, 0.2) is 0 Å². The fourth-order valence-corrected chi connectivity index (χ4v) is 3.14. The average molecular weight is 362 g/mol. The van der Waals surface area contributed by atoms with Gasteiger partial charge in [0, 0.05) is 0 Å². The molecular weight excluding hydrogens is 346 g/mol. The van der Waals surface area contributed by atoms with Crippen LogP contribution in [0.25, 0.3) is 11.0 Å². The normalized spacial score (nSPS) is 12.0. The third-order valence-corrected chi connectivity index (χ3v) is 4.54. The molecule has 26 heavy (non-hydrogen) atoms. The number of hydrogen-bond donors (Lipinski definition) is 2. The zero-order chi connectivity index (χ0) is 17.9. The molecule has 0 aliphatic carbocycles. The molecule has 0 aliphatic heterocycles. The van der Waals surface area contributed by atoms with Crippen LogP contribution in [0.4, 0.5) is 0 Å². The predicted molar refractivity (Wildman–Crippen MR) is 103 cm³/mol. The summed E-state index contributed by atoms with van der Waals surface area (Å²) in [5.41, 5.74) is 3.16. The van der Waals surface area contributed by atoms with Gasteiger partial charge in [-0.1, -0.05) is 66.2 Å². The summed E-state index contributed by atoms with van der Waals surface area (Å²) >= 11 is 6.17. The minimum Gasteiger partial charge on any atom is -0.340 e. The summed E-state index contributed by atoms with van der Waals surface area (Å²) in [6, 6.07) is 24.1. The van der Waals surface area contributed by atoms with Gasteiger partial charge in [-0.2, -0.15) is 0 Å². The number of nitrogens with zero attached hydrogens (tertiary/aromatic N) is 1. The number of aromatic amines is 1. The van der Waals surface area contributed by atoms with Crippen molar-refractivity contribution < 1.29 is 4.79 Å². The summed E-state index contributed by atoms with van der Waals surface area (Å²) in [7, 11) is 0. The van der Waals surface area contributed by atoms with Gasteiger partial charge in [0.25, 0.3) is 5.91 Å². The van der Waals surface area contributed by atoms with Gasteiger partial charge in [0.05, 0.1) is 21.6 Å². The number of nitrogens with one attached hydrogen (secondary N) is 2. The second-order valence-electron chi connectivity index (χ2n) is 5.94. The highest BCUT2D eigenvalue weighted by molar-refractivity contribution is 6.33. The maximum absolute atomic E-state index is 12.8. The van der Waals surface area contributed by atoms with E-state index in [0.29, 0.717) is 16.4 Å². The molecule has 0 saturated heterocycles. The van der Waals surface area contributed by atoms with Gasteiger partial charge in [-0.15, -0.1) is 0 Å². The molecule has 128 valence electrons. The maximum atomic E-state index is 12.8. The molecular formula is C21H16ClN3O. The summed E-state index contributed by atoms with van der Waals surface area (Å²) in [6.07, 6.45) is 0. The summed E-state index contributed by atoms with van der Waals surface area (Å²) in [4.78, 5) is 20.8. The van der Waals surface area contributed by atoms with Crippen molar-refractivity contribution in [3.63, 3.8) is 0 Å². The number of para-hydroxylation sites is 2. The fourth-order valence-electron chi connectivity index (χ4n) is 2.92. The van der Waals surface area contributed by atoms with E-state index in [0.717, 1.165) is 16.6 Å². The molecule has 0 spiro atoms. The molecule has 0 bridgehead atoms. The smallest absolute Gasteiger partial charge is 0.253 e. The molecule has 0 saturated carbocycles. The van der Waals surface area contributed by atoms with Gasteiger partial charge in [-0.05, 0) is 29.8 Å². The number of H-pyrrole nitrogens is 1. The Kier molecular flexibility index (Phi) is 4.42. The number of hydrogen-bond acceptors (Lipinski definition) is 2. The number of fused-ring (bicyclic) bond motifs is 1.